The molecule has 1 aliphatic heterocycles. The average Bonchev–Trinajstić information content (AvgIpc) is 2.80. The summed E-state index contributed by atoms with van der Waals surface area (Å²) in [4.78, 5) is 24.5. The lowest BCUT2D eigenvalue weighted by molar-refractivity contribution is -0.138. The highest BCUT2D eigenvalue weighted by Gasteiger charge is 2.27. The van der Waals surface area contributed by atoms with Crippen LogP contribution in [0.3, 0.4) is 0 Å². The molecule has 0 aromatic heterocycles. The number of carboxylic acids is 1. The number of aliphatic carboxylic acids is 1. The summed E-state index contributed by atoms with van der Waals surface area (Å²) in [5.74, 6) is -0.752. The standard InChI is InChI=1S/C14H17BrN2O3/c1-9-2-3-12(11(15)6-9)16-14(20)17-5-4-10(8-17)7-13(18)19/h2-3,6,10H,4-5,7-8H2,1H3,(H,16,20)(H,18,19). The van der Waals surface area contributed by atoms with E-state index in [1.165, 1.54) is 0 Å². The number of urea groups is 1. The zero-order valence-electron chi connectivity index (χ0n) is 11.2. The number of amides is 2. The van der Waals surface area contributed by atoms with Crippen LogP contribution in [0.2, 0.25) is 0 Å². The van der Waals surface area contributed by atoms with Gasteiger partial charge in [-0.25, -0.2) is 4.79 Å². The van der Waals surface area contributed by atoms with Gasteiger partial charge in [-0.3, -0.25) is 4.79 Å². The summed E-state index contributed by atoms with van der Waals surface area (Å²) in [5.41, 5.74) is 1.83. The highest BCUT2D eigenvalue weighted by molar-refractivity contribution is 9.10. The maximum absolute atomic E-state index is 12.1. The van der Waals surface area contributed by atoms with Crippen molar-refractivity contribution >= 4 is 33.6 Å². The number of benzene rings is 1. The monoisotopic (exact) mass is 340 g/mol. The number of rotatable bonds is 3. The molecule has 1 unspecified atom stereocenters. The lowest BCUT2D eigenvalue weighted by Crippen LogP contribution is -2.33. The number of aryl methyl sites for hydroxylation is 1. The van der Waals surface area contributed by atoms with Gasteiger partial charge in [0.15, 0.2) is 0 Å². The summed E-state index contributed by atoms with van der Waals surface area (Å²) < 4.78 is 0.840. The molecule has 0 radical (unpaired) electrons. The second-order valence-corrected chi connectivity index (χ2v) is 5.97. The molecule has 1 fully saturated rings. The molecule has 20 heavy (non-hydrogen) atoms. The van der Waals surface area contributed by atoms with Gasteiger partial charge in [0.1, 0.15) is 0 Å². The number of carbonyl (C=O) groups is 2. The van der Waals surface area contributed by atoms with Crippen LogP contribution in [0.25, 0.3) is 0 Å². The van der Waals surface area contributed by atoms with Crippen LogP contribution in [0.4, 0.5) is 10.5 Å². The molecule has 0 spiro atoms. The Kier molecular flexibility index (Phi) is 4.65. The Morgan fingerprint density at radius 1 is 1.50 bits per heavy atom. The molecular weight excluding hydrogens is 324 g/mol. The molecule has 1 aliphatic rings. The Morgan fingerprint density at radius 2 is 2.25 bits per heavy atom. The van der Waals surface area contributed by atoms with Crippen molar-refractivity contribution in [1.29, 1.82) is 0 Å². The van der Waals surface area contributed by atoms with Crippen molar-refractivity contribution in [2.75, 3.05) is 18.4 Å². The molecule has 6 heteroatoms. The fourth-order valence-corrected chi connectivity index (χ4v) is 2.94. The maximum Gasteiger partial charge on any atom is 0.321 e. The predicted octanol–water partition coefficient (Wildman–Crippen LogP) is 3.09. The van der Waals surface area contributed by atoms with E-state index < -0.39 is 5.97 Å². The SMILES string of the molecule is Cc1ccc(NC(=O)N2CCC(CC(=O)O)C2)c(Br)c1. The number of halogens is 1. The van der Waals surface area contributed by atoms with Crippen molar-refractivity contribution in [1.82, 2.24) is 4.90 Å². The first-order valence-corrected chi connectivity index (χ1v) is 7.29. The van der Waals surface area contributed by atoms with Crippen LogP contribution in [0.5, 0.6) is 0 Å². The molecule has 108 valence electrons. The molecule has 0 bridgehead atoms. The highest BCUT2D eigenvalue weighted by atomic mass is 79.9. The van der Waals surface area contributed by atoms with E-state index in [9.17, 15) is 9.59 Å². The first-order valence-electron chi connectivity index (χ1n) is 6.49. The maximum atomic E-state index is 12.1. The van der Waals surface area contributed by atoms with Crippen molar-refractivity contribution in [3.8, 4) is 0 Å². The number of hydrogen-bond donors (Lipinski definition) is 2. The predicted molar refractivity (Wildman–Crippen MR) is 79.8 cm³/mol. The fraction of sp³-hybridized carbons (Fsp3) is 0.429. The lowest BCUT2D eigenvalue weighted by Gasteiger charge is -2.18. The van der Waals surface area contributed by atoms with Crippen LogP contribution >= 0.6 is 15.9 Å². The quantitative estimate of drug-likeness (QED) is 0.888. The molecule has 1 heterocycles. The Bertz CT molecular complexity index is 533. The van der Waals surface area contributed by atoms with Crippen LogP contribution in [0.1, 0.15) is 18.4 Å². The summed E-state index contributed by atoms with van der Waals surface area (Å²) >= 11 is 3.42. The van der Waals surface area contributed by atoms with Gasteiger partial charge in [-0.2, -0.15) is 0 Å². The van der Waals surface area contributed by atoms with Crippen LogP contribution in [0, 0.1) is 12.8 Å². The Hall–Kier alpha value is -1.56. The second-order valence-electron chi connectivity index (χ2n) is 5.11. The minimum atomic E-state index is -0.807. The highest BCUT2D eigenvalue weighted by Crippen LogP contribution is 2.25. The van der Waals surface area contributed by atoms with E-state index in [0.29, 0.717) is 13.1 Å². The van der Waals surface area contributed by atoms with Gasteiger partial charge in [0, 0.05) is 24.0 Å². The van der Waals surface area contributed by atoms with Gasteiger partial charge in [0.25, 0.3) is 0 Å². The topological polar surface area (TPSA) is 69.6 Å². The Balaban J connectivity index is 1.94. The number of carboxylic acid groups (broad SMARTS) is 1. The van der Waals surface area contributed by atoms with Crippen molar-refractivity contribution in [3.63, 3.8) is 0 Å². The third-order valence-electron chi connectivity index (χ3n) is 3.40. The van der Waals surface area contributed by atoms with Crippen LogP contribution in [-0.4, -0.2) is 35.1 Å². The molecule has 5 nitrogen and oxygen atoms in total. The number of likely N-dealkylation sites (tertiary alicyclic amines) is 1. The molecule has 2 amide bonds. The van der Waals surface area contributed by atoms with Crippen LogP contribution in [0.15, 0.2) is 22.7 Å². The van der Waals surface area contributed by atoms with E-state index in [1.807, 2.05) is 25.1 Å². The van der Waals surface area contributed by atoms with Crippen molar-refractivity contribution in [2.24, 2.45) is 5.92 Å². The minimum Gasteiger partial charge on any atom is -0.481 e. The fourth-order valence-electron chi connectivity index (χ4n) is 2.35. The van der Waals surface area contributed by atoms with Crippen molar-refractivity contribution < 1.29 is 14.7 Å². The third-order valence-corrected chi connectivity index (χ3v) is 4.06. The molecule has 1 aromatic rings. The number of anilines is 1. The first kappa shape index (κ1) is 14.8. The van der Waals surface area contributed by atoms with Crippen LogP contribution < -0.4 is 5.32 Å². The van der Waals surface area contributed by atoms with Gasteiger partial charge in [-0.15, -0.1) is 0 Å². The number of nitrogens with one attached hydrogen (secondary N) is 1. The van der Waals surface area contributed by atoms with E-state index in [2.05, 4.69) is 21.2 Å². The summed E-state index contributed by atoms with van der Waals surface area (Å²) in [6, 6.07) is 5.54. The molecule has 1 aromatic carbocycles. The molecule has 2 rings (SSSR count). The molecule has 0 aliphatic carbocycles. The molecule has 1 atom stereocenters. The van der Waals surface area contributed by atoms with E-state index in [1.54, 1.807) is 4.90 Å². The van der Waals surface area contributed by atoms with E-state index in [4.69, 9.17) is 5.11 Å². The zero-order chi connectivity index (χ0) is 14.7. The smallest absolute Gasteiger partial charge is 0.321 e. The molecule has 2 N–H and O–H groups in total. The van der Waals surface area contributed by atoms with Gasteiger partial charge in [0.2, 0.25) is 0 Å². The first-order chi connectivity index (χ1) is 9.45. The summed E-state index contributed by atoms with van der Waals surface area (Å²) in [7, 11) is 0. The molecular formula is C14H17BrN2O3. The Morgan fingerprint density at radius 3 is 2.90 bits per heavy atom. The third kappa shape index (κ3) is 3.72. The van der Waals surface area contributed by atoms with Crippen molar-refractivity contribution in [2.45, 2.75) is 19.8 Å². The minimum absolute atomic E-state index is 0.0553. The lowest BCUT2D eigenvalue weighted by atomic mass is 10.1. The average molecular weight is 341 g/mol. The van der Waals surface area contributed by atoms with Gasteiger partial charge in [0.05, 0.1) is 5.69 Å². The van der Waals surface area contributed by atoms with Gasteiger partial charge < -0.3 is 15.3 Å². The number of carbonyl (C=O) groups excluding carboxylic acids is 1. The summed E-state index contributed by atoms with van der Waals surface area (Å²) in [6.07, 6.45) is 0.868. The molecule has 0 saturated carbocycles. The summed E-state index contributed by atoms with van der Waals surface area (Å²) in [6.45, 7) is 3.09. The summed E-state index contributed by atoms with van der Waals surface area (Å²) in [5, 5.41) is 11.6. The Labute approximate surface area is 126 Å². The van der Waals surface area contributed by atoms with Gasteiger partial charge in [-0.1, -0.05) is 6.07 Å². The molecule has 1 saturated heterocycles. The van der Waals surface area contributed by atoms with Crippen molar-refractivity contribution in [3.05, 3.63) is 28.2 Å². The largest absolute Gasteiger partial charge is 0.481 e. The second kappa shape index (κ2) is 6.26. The number of hydrogen-bond acceptors (Lipinski definition) is 2. The zero-order valence-corrected chi connectivity index (χ0v) is 12.8. The van der Waals surface area contributed by atoms with Gasteiger partial charge >= 0.3 is 12.0 Å². The number of nitrogens with zero attached hydrogens (tertiary/aromatic N) is 1. The van der Waals surface area contributed by atoms with Crippen LogP contribution in [-0.2, 0) is 4.79 Å². The normalized spacial score (nSPS) is 18.1. The van der Waals surface area contributed by atoms with E-state index >= 15 is 0 Å². The van der Waals surface area contributed by atoms with E-state index in [0.717, 1.165) is 22.1 Å². The van der Waals surface area contributed by atoms with E-state index in [-0.39, 0.29) is 18.4 Å². The van der Waals surface area contributed by atoms with Gasteiger partial charge in [-0.05, 0) is 52.9 Å².